The average Bonchev–Trinajstić information content (AvgIpc) is 3.42. The third-order valence-corrected chi connectivity index (χ3v) is 6.98. The minimum absolute atomic E-state index is 0.0355. The number of nitrogens with one attached hydrogen (secondary N) is 2. The van der Waals surface area contributed by atoms with E-state index in [0.29, 0.717) is 30.8 Å². The molecule has 0 saturated heterocycles. The largest absolute Gasteiger partial charge is 0.351 e. The van der Waals surface area contributed by atoms with E-state index in [0.717, 1.165) is 45.8 Å². The molecule has 6 rings (SSSR count). The second kappa shape index (κ2) is 7.28. The first-order valence-corrected chi connectivity index (χ1v) is 11.5. The summed E-state index contributed by atoms with van der Waals surface area (Å²) < 4.78 is 2.11. The Kier molecular flexibility index (Phi) is 4.42. The molecular formula is C26H26N6O2. The Morgan fingerprint density at radius 3 is 2.85 bits per heavy atom. The maximum absolute atomic E-state index is 13.3. The Hall–Kier alpha value is -3.94. The molecule has 2 aliphatic rings. The van der Waals surface area contributed by atoms with Gasteiger partial charge in [0.1, 0.15) is 11.5 Å². The maximum atomic E-state index is 13.3. The van der Waals surface area contributed by atoms with E-state index in [1.165, 1.54) is 0 Å². The number of hydrogen-bond acceptors (Lipinski definition) is 4. The summed E-state index contributed by atoms with van der Waals surface area (Å²) in [6, 6.07) is 7.86. The zero-order chi connectivity index (χ0) is 23.6. The van der Waals surface area contributed by atoms with Gasteiger partial charge in [-0.05, 0) is 36.2 Å². The normalized spacial score (nSPS) is 16.8. The molecule has 8 nitrogen and oxygen atoms in total. The Morgan fingerprint density at radius 2 is 2.00 bits per heavy atom. The molecule has 0 aliphatic carbocycles. The number of carbonyl (C=O) groups excluding carboxylic acids is 2. The van der Waals surface area contributed by atoms with Crippen LogP contribution in [-0.2, 0) is 18.5 Å². The monoisotopic (exact) mass is 454 g/mol. The number of H-pyrrole nitrogens is 1. The fourth-order valence-corrected chi connectivity index (χ4v) is 5.07. The molecule has 172 valence electrons. The summed E-state index contributed by atoms with van der Waals surface area (Å²) in [6.07, 6.45) is 5.59. The highest BCUT2D eigenvalue weighted by atomic mass is 16.2. The van der Waals surface area contributed by atoms with E-state index in [9.17, 15) is 9.59 Å². The number of nitrogens with zero attached hydrogens (tertiary/aromatic N) is 4. The van der Waals surface area contributed by atoms with Gasteiger partial charge in [0.25, 0.3) is 11.8 Å². The molecule has 0 atom stereocenters. The number of benzene rings is 1. The van der Waals surface area contributed by atoms with Crippen LogP contribution in [0.15, 0.2) is 42.9 Å². The van der Waals surface area contributed by atoms with Crippen molar-refractivity contribution in [3.8, 4) is 11.1 Å². The Labute approximate surface area is 197 Å². The van der Waals surface area contributed by atoms with Gasteiger partial charge >= 0.3 is 0 Å². The molecule has 34 heavy (non-hydrogen) atoms. The minimum atomic E-state index is -0.164. The Morgan fingerprint density at radius 1 is 1.15 bits per heavy atom. The fraction of sp³-hybridized carbons (Fsp3) is 0.308. The van der Waals surface area contributed by atoms with Crippen LogP contribution in [0, 0.1) is 6.92 Å². The van der Waals surface area contributed by atoms with Gasteiger partial charge in [0.15, 0.2) is 0 Å². The van der Waals surface area contributed by atoms with Gasteiger partial charge in [-0.2, -0.15) is 0 Å². The number of amides is 2. The van der Waals surface area contributed by atoms with Gasteiger partial charge in [-0.15, -0.1) is 0 Å². The van der Waals surface area contributed by atoms with Crippen molar-refractivity contribution < 1.29 is 9.59 Å². The molecule has 5 heterocycles. The number of aromatic amines is 1. The molecule has 2 N–H and O–H groups in total. The number of aromatic nitrogens is 4. The van der Waals surface area contributed by atoms with Crippen molar-refractivity contribution in [1.82, 2.24) is 29.7 Å². The number of aryl methyl sites for hydroxylation is 1. The van der Waals surface area contributed by atoms with Crippen molar-refractivity contribution in [2.24, 2.45) is 0 Å². The van der Waals surface area contributed by atoms with Gasteiger partial charge in [0, 0.05) is 60.2 Å². The number of rotatable bonds is 2. The summed E-state index contributed by atoms with van der Waals surface area (Å²) in [5.41, 5.74) is 5.79. The van der Waals surface area contributed by atoms with E-state index in [-0.39, 0.29) is 17.2 Å². The minimum Gasteiger partial charge on any atom is -0.351 e. The second-order valence-corrected chi connectivity index (χ2v) is 9.87. The SMILES string of the molecule is Cc1cn2c(n1)CN(C(=O)c1cnc3[nH]cc(-c4ccc5c(c4)C(C)(C)CNC5=O)c3c1)CC2. The molecule has 1 aromatic carbocycles. The molecule has 2 aliphatic heterocycles. The van der Waals surface area contributed by atoms with Crippen LogP contribution in [0.5, 0.6) is 0 Å². The van der Waals surface area contributed by atoms with Crippen LogP contribution in [0.2, 0.25) is 0 Å². The van der Waals surface area contributed by atoms with Gasteiger partial charge in [-0.1, -0.05) is 19.9 Å². The van der Waals surface area contributed by atoms with Gasteiger partial charge in [0.2, 0.25) is 0 Å². The van der Waals surface area contributed by atoms with Crippen molar-refractivity contribution in [3.63, 3.8) is 0 Å². The molecule has 0 radical (unpaired) electrons. The highest BCUT2D eigenvalue weighted by molar-refractivity contribution is 6.02. The summed E-state index contributed by atoms with van der Waals surface area (Å²) in [4.78, 5) is 39.8. The van der Waals surface area contributed by atoms with Crippen molar-refractivity contribution >= 4 is 22.8 Å². The van der Waals surface area contributed by atoms with Gasteiger partial charge in [-0.3, -0.25) is 9.59 Å². The lowest BCUT2D eigenvalue weighted by molar-refractivity contribution is 0.0707. The molecule has 0 saturated carbocycles. The van der Waals surface area contributed by atoms with E-state index in [1.54, 1.807) is 6.20 Å². The summed E-state index contributed by atoms with van der Waals surface area (Å²) in [7, 11) is 0. The van der Waals surface area contributed by atoms with Gasteiger partial charge in [0.05, 0.1) is 17.8 Å². The van der Waals surface area contributed by atoms with E-state index in [1.807, 2.05) is 42.4 Å². The molecule has 2 amide bonds. The first kappa shape index (κ1) is 20.7. The molecular weight excluding hydrogens is 428 g/mol. The number of hydrogen-bond donors (Lipinski definition) is 2. The zero-order valence-electron chi connectivity index (χ0n) is 19.5. The van der Waals surface area contributed by atoms with Crippen LogP contribution in [0.3, 0.4) is 0 Å². The molecule has 0 unspecified atom stereocenters. The number of pyridine rings is 1. The van der Waals surface area contributed by atoms with E-state index < -0.39 is 0 Å². The standard InChI is InChI=1S/C26H26N6O2/c1-15-12-31-6-7-32(13-22(31)30-15)25(34)17-8-19-20(11-28-23(19)27-10-17)16-4-5-18-21(9-16)26(2,3)14-29-24(18)33/h4-5,8-12H,6-7,13-14H2,1-3H3,(H,27,28)(H,29,33). The van der Waals surface area contributed by atoms with E-state index >= 15 is 0 Å². The lowest BCUT2D eigenvalue weighted by Gasteiger charge is -2.32. The summed E-state index contributed by atoms with van der Waals surface area (Å²) in [6.45, 7) is 8.71. The van der Waals surface area contributed by atoms with Gasteiger partial charge in [-0.25, -0.2) is 9.97 Å². The third-order valence-electron chi connectivity index (χ3n) is 6.98. The first-order valence-electron chi connectivity index (χ1n) is 11.5. The quantitative estimate of drug-likeness (QED) is 0.485. The highest BCUT2D eigenvalue weighted by Gasteiger charge is 2.32. The zero-order valence-corrected chi connectivity index (χ0v) is 19.5. The summed E-state index contributed by atoms with van der Waals surface area (Å²) >= 11 is 0. The third kappa shape index (κ3) is 3.21. The topological polar surface area (TPSA) is 95.9 Å². The second-order valence-electron chi connectivity index (χ2n) is 9.87. The number of imidazole rings is 1. The molecule has 0 fully saturated rings. The lowest BCUT2D eigenvalue weighted by Crippen LogP contribution is -2.43. The predicted octanol–water partition coefficient (Wildman–Crippen LogP) is 3.41. The van der Waals surface area contributed by atoms with Crippen LogP contribution in [0.25, 0.3) is 22.2 Å². The number of carbonyl (C=O) groups is 2. The van der Waals surface area contributed by atoms with Crippen LogP contribution >= 0.6 is 0 Å². The van der Waals surface area contributed by atoms with Crippen molar-refractivity contribution in [1.29, 1.82) is 0 Å². The maximum Gasteiger partial charge on any atom is 0.255 e. The average molecular weight is 455 g/mol. The van der Waals surface area contributed by atoms with Gasteiger partial charge < -0.3 is 19.8 Å². The summed E-state index contributed by atoms with van der Waals surface area (Å²) in [5, 5.41) is 3.86. The Balaban J connectivity index is 1.37. The summed E-state index contributed by atoms with van der Waals surface area (Å²) in [5.74, 6) is 0.831. The lowest BCUT2D eigenvalue weighted by atomic mass is 9.78. The first-order chi connectivity index (χ1) is 16.3. The smallest absolute Gasteiger partial charge is 0.255 e. The highest BCUT2D eigenvalue weighted by Crippen LogP contribution is 2.35. The van der Waals surface area contributed by atoms with Crippen LogP contribution in [0.4, 0.5) is 0 Å². The van der Waals surface area contributed by atoms with Crippen molar-refractivity contribution in [2.45, 2.75) is 39.3 Å². The molecule has 3 aromatic heterocycles. The molecule has 8 heteroatoms. The number of fused-ring (bicyclic) bond motifs is 3. The molecule has 0 bridgehead atoms. The van der Waals surface area contributed by atoms with Crippen LogP contribution < -0.4 is 5.32 Å². The van der Waals surface area contributed by atoms with Crippen molar-refractivity contribution in [2.75, 3.05) is 13.1 Å². The molecule has 0 spiro atoms. The predicted molar refractivity (Wildman–Crippen MR) is 129 cm³/mol. The van der Waals surface area contributed by atoms with Crippen LogP contribution in [0.1, 0.15) is 51.6 Å². The fourth-order valence-electron chi connectivity index (χ4n) is 5.07. The Bertz CT molecular complexity index is 1480. The van der Waals surface area contributed by atoms with E-state index in [2.05, 4.69) is 44.7 Å². The molecule has 4 aromatic rings. The van der Waals surface area contributed by atoms with Crippen LogP contribution in [-0.4, -0.2) is 49.3 Å². The van der Waals surface area contributed by atoms with E-state index in [4.69, 9.17) is 0 Å². The van der Waals surface area contributed by atoms with Crippen molar-refractivity contribution in [3.05, 3.63) is 71.1 Å².